The summed E-state index contributed by atoms with van der Waals surface area (Å²) in [5, 5.41) is 0.673. The summed E-state index contributed by atoms with van der Waals surface area (Å²) < 4.78 is 5.29. The summed E-state index contributed by atoms with van der Waals surface area (Å²) in [6.07, 6.45) is 4.61. The Labute approximate surface area is 169 Å². The molecule has 2 aliphatic rings. The van der Waals surface area contributed by atoms with Gasteiger partial charge in [-0.1, -0.05) is 30.7 Å². The highest BCUT2D eigenvalue weighted by Gasteiger charge is 2.53. The Hall–Kier alpha value is -2.34. The molecule has 0 unspecified atom stereocenters. The fraction of sp³-hybridized carbons (Fsp3) is 0.476. The van der Waals surface area contributed by atoms with Gasteiger partial charge in [-0.05, 0) is 37.0 Å². The van der Waals surface area contributed by atoms with Crippen LogP contribution in [0, 0.1) is 5.41 Å². The average Bonchev–Trinajstić information content (AvgIpc) is 3.36. The fourth-order valence-corrected chi connectivity index (χ4v) is 4.37. The summed E-state index contributed by atoms with van der Waals surface area (Å²) in [5.41, 5.74) is 0.833. The number of aromatic nitrogens is 1. The molecule has 0 N–H and O–H groups in total. The highest BCUT2D eigenvalue weighted by atomic mass is 35.5. The second-order valence-corrected chi connectivity index (χ2v) is 8.16. The maximum Gasteiger partial charge on any atom is 0.276 e. The lowest BCUT2D eigenvalue weighted by molar-refractivity contribution is -0.149. The molecule has 148 valence electrons. The molecule has 6 nitrogen and oxygen atoms in total. The molecule has 3 heterocycles. The van der Waals surface area contributed by atoms with Crippen LogP contribution in [-0.2, 0) is 17.6 Å². The summed E-state index contributed by atoms with van der Waals surface area (Å²) in [6, 6.07) is 7.60. The van der Waals surface area contributed by atoms with E-state index in [0.717, 1.165) is 31.5 Å². The van der Waals surface area contributed by atoms with Gasteiger partial charge in [0, 0.05) is 37.6 Å². The molecule has 0 spiro atoms. The normalized spacial score (nSPS) is 18.2. The maximum absolute atomic E-state index is 13.3. The van der Waals surface area contributed by atoms with Crippen LogP contribution >= 0.6 is 11.6 Å². The molecule has 2 fully saturated rings. The van der Waals surface area contributed by atoms with E-state index in [9.17, 15) is 9.59 Å². The highest BCUT2D eigenvalue weighted by Crippen LogP contribution is 2.38. The Morgan fingerprint density at radius 2 is 1.82 bits per heavy atom. The van der Waals surface area contributed by atoms with E-state index in [1.165, 1.54) is 6.39 Å². The molecule has 0 saturated carbocycles. The van der Waals surface area contributed by atoms with Crippen LogP contribution in [0.1, 0.15) is 41.6 Å². The molecule has 2 aromatic rings. The number of carbonyl (C=O) groups excluding carboxylic acids is 2. The van der Waals surface area contributed by atoms with Gasteiger partial charge in [0.2, 0.25) is 5.91 Å². The van der Waals surface area contributed by atoms with Crippen LogP contribution in [0.3, 0.4) is 0 Å². The molecule has 0 aliphatic carbocycles. The predicted molar refractivity (Wildman–Crippen MR) is 105 cm³/mol. The van der Waals surface area contributed by atoms with Crippen molar-refractivity contribution >= 4 is 23.4 Å². The van der Waals surface area contributed by atoms with Gasteiger partial charge in [-0.3, -0.25) is 9.59 Å². The largest absolute Gasteiger partial charge is 0.448 e. The first-order valence-electron chi connectivity index (χ1n) is 9.78. The number of rotatable bonds is 5. The van der Waals surface area contributed by atoms with Gasteiger partial charge in [0.05, 0.1) is 5.41 Å². The number of hydrogen-bond donors (Lipinski definition) is 0. The molecule has 2 saturated heterocycles. The van der Waals surface area contributed by atoms with Crippen molar-refractivity contribution < 1.29 is 14.0 Å². The summed E-state index contributed by atoms with van der Waals surface area (Å²) >= 11 is 6.00. The van der Waals surface area contributed by atoms with Gasteiger partial charge < -0.3 is 14.2 Å². The van der Waals surface area contributed by atoms with Crippen molar-refractivity contribution in [2.75, 3.05) is 26.2 Å². The summed E-state index contributed by atoms with van der Waals surface area (Å²) in [5.74, 6) is 0.581. The van der Waals surface area contributed by atoms with Crippen LogP contribution in [-0.4, -0.2) is 52.8 Å². The van der Waals surface area contributed by atoms with Crippen LogP contribution in [0.25, 0.3) is 0 Å². The highest BCUT2D eigenvalue weighted by molar-refractivity contribution is 6.30. The summed E-state index contributed by atoms with van der Waals surface area (Å²) in [6.45, 7) is 4.34. The minimum atomic E-state index is -0.579. The fourth-order valence-electron chi connectivity index (χ4n) is 4.24. The van der Waals surface area contributed by atoms with E-state index >= 15 is 0 Å². The zero-order valence-corrected chi connectivity index (χ0v) is 16.7. The Kier molecular flexibility index (Phi) is 5.15. The Bertz CT molecular complexity index is 865. The zero-order valence-electron chi connectivity index (χ0n) is 16.0. The third kappa shape index (κ3) is 3.41. The average molecular weight is 402 g/mol. The molecule has 2 aliphatic heterocycles. The number of carbonyl (C=O) groups is 2. The van der Waals surface area contributed by atoms with E-state index in [1.54, 1.807) is 4.90 Å². The minimum absolute atomic E-state index is 0.153. The first kappa shape index (κ1) is 19.0. The van der Waals surface area contributed by atoms with Crippen molar-refractivity contribution in [3.05, 3.63) is 52.7 Å². The van der Waals surface area contributed by atoms with Gasteiger partial charge in [0.1, 0.15) is 5.76 Å². The van der Waals surface area contributed by atoms with Crippen molar-refractivity contribution in [1.29, 1.82) is 0 Å². The molecule has 28 heavy (non-hydrogen) atoms. The number of hydrogen-bond acceptors (Lipinski definition) is 4. The smallest absolute Gasteiger partial charge is 0.276 e. The number of aryl methyl sites for hydroxylation is 1. The molecule has 0 bridgehead atoms. The quantitative estimate of drug-likeness (QED) is 0.771. The predicted octanol–water partition coefficient (Wildman–Crippen LogP) is 3.20. The van der Waals surface area contributed by atoms with Gasteiger partial charge in [0.15, 0.2) is 12.1 Å². The van der Waals surface area contributed by atoms with Crippen LogP contribution in [0.4, 0.5) is 0 Å². The lowest BCUT2D eigenvalue weighted by Crippen LogP contribution is -2.65. The summed E-state index contributed by atoms with van der Waals surface area (Å²) in [4.78, 5) is 33.9. The van der Waals surface area contributed by atoms with Crippen LogP contribution in [0.2, 0.25) is 5.02 Å². The molecule has 0 atom stereocenters. The lowest BCUT2D eigenvalue weighted by Gasteiger charge is -2.50. The molecule has 1 aromatic heterocycles. The van der Waals surface area contributed by atoms with E-state index in [-0.39, 0.29) is 11.8 Å². The van der Waals surface area contributed by atoms with Crippen LogP contribution < -0.4 is 0 Å². The van der Waals surface area contributed by atoms with E-state index < -0.39 is 5.41 Å². The Morgan fingerprint density at radius 1 is 1.14 bits per heavy atom. The van der Waals surface area contributed by atoms with Gasteiger partial charge in [0.25, 0.3) is 5.91 Å². The van der Waals surface area contributed by atoms with E-state index in [2.05, 4.69) is 4.98 Å². The number of oxazole rings is 1. The van der Waals surface area contributed by atoms with Crippen molar-refractivity contribution in [2.24, 2.45) is 5.41 Å². The topological polar surface area (TPSA) is 66.7 Å². The minimum Gasteiger partial charge on any atom is -0.448 e. The second kappa shape index (κ2) is 7.59. The molecule has 1 aromatic carbocycles. The van der Waals surface area contributed by atoms with Gasteiger partial charge in [-0.2, -0.15) is 0 Å². The van der Waals surface area contributed by atoms with Gasteiger partial charge in [-0.15, -0.1) is 0 Å². The molecule has 4 rings (SSSR count). The molecule has 0 radical (unpaired) electrons. The maximum atomic E-state index is 13.3. The van der Waals surface area contributed by atoms with Crippen LogP contribution in [0.15, 0.2) is 35.1 Å². The van der Waals surface area contributed by atoms with E-state index in [4.69, 9.17) is 16.0 Å². The Morgan fingerprint density at radius 3 is 2.46 bits per heavy atom. The SMILES string of the molecule is CCc1ocnc1C(=O)N1CC(Cc2ccc(Cl)cc2)(C(=O)N2CCCC2)C1. The van der Waals surface area contributed by atoms with Gasteiger partial charge >= 0.3 is 0 Å². The molecule has 7 heteroatoms. The number of amides is 2. The number of halogens is 1. The van der Waals surface area contributed by atoms with Crippen LogP contribution in [0.5, 0.6) is 0 Å². The molecule has 2 amide bonds. The van der Waals surface area contributed by atoms with Crippen molar-refractivity contribution in [2.45, 2.75) is 32.6 Å². The molecular weight excluding hydrogens is 378 g/mol. The number of benzene rings is 1. The number of nitrogens with zero attached hydrogens (tertiary/aromatic N) is 3. The monoisotopic (exact) mass is 401 g/mol. The van der Waals surface area contributed by atoms with E-state index in [0.29, 0.717) is 42.4 Å². The van der Waals surface area contributed by atoms with Gasteiger partial charge in [-0.25, -0.2) is 4.98 Å². The standard InChI is InChI=1S/C21H24ClN3O3/c1-2-17-18(23-14-28-17)19(26)25-12-21(13-25,20(27)24-9-3-4-10-24)11-15-5-7-16(22)8-6-15/h5-8,14H,2-4,9-13H2,1H3. The van der Waals surface area contributed by atoms with E-state index in [1.807, 2.05) is 36.1 Å². The number of likely N-dealkylation sites (tertiary alicyclic amines) is 2. The first-order chi connectivity index (χ1) is 13.5. The second-order valence-electron chi connectivity index (χ2n) is 7.72. The zero-order chi connectivity index (χ0) is 19.7. The van der Waals surface area contributed by atoms with Crippen molar-refractivity contribution in [1.82, 2.24) is 14.8 Å². The van der Waals surface area contributed by atoms with Crippen molar-refractivity contribution in [3.63, 3.8) is 0 Å². The first-order valence-corrected chi connectivity index (χ1v) is 10.2. The molecular formula is C21H24ClN3O3. The summed E-state index contributed by atoms with van der Waals surface area (Å²) in [7, 11) is 0. The lowest BCUT2D eigenvalue weighted by atomic mass is 9.73. The third-order valence-corrected chi connectivity index (χ3v) is 5.99. The third-order valence-electron chi connectivity index (χ3n) is 5.74. The Balaban J connectivity index is 1.54. The van der Waals surface area contributed by atoms with Crippen molar-refractivity contribution in [3.8, 4) is 0 Å².